The fourth-order valence-corrected chi connectivity index (χ4v) is 2.18. The predicted octanol–water partition coefficient (Wildman–Crippen LogP) is 2.95. The first-order chi connectivity index (χ1) is 10.7. The summed E-state index contributed by atoms with van der Waals surface area (Å²) in [5.41, 5.74) is 1.86. The Morgan fingerprint density at radius 2 is 2.00 bits per heavy atom. The number of rotatable bonds is 3. The standard InChI is InChI=1S/C16H11FN4O/c1-22-14-7-2-4-11(8-14)16-15(10-18)19-20-21(16)13-6-3-5-12(17)9-13/h2-9H,1H3. The van der Waals surface area contributed by atoms with E-state index in [4.69, 9.17) is 4.74 Å². The van der Waals surface area contributed by atoms with E-state index in [1.54, 1.807) is 37.4 Å². The van der Waals surface area contributed by atoms with Gasteiger partial charge in [0, 0.05) is 5.56 Å². The normalized spacial score (nSPS) is 10.2. The largest absolute Gasteiger partial charge is 0.497 e. The van der Waals surface area contributed by atoms with Crippen molar-refractivity contribution in [2.24, 2.45) is 0 Å². The molecule has 0 aliphatic rings. The van der Waals surface area contributed by atoms with E-state index < -0.39 is 0 Å². The summed E-state index contributed by atoms with van der Waals surface area (Å²) in [5.74, 6) is 0.261. The van der Waals surface area contributed by atoms with E-state index in [0.29, 0.717) is 22.7 Å². The third-order valence-electron chi connectivity index (χ3n) is 3.17. The molecule has 0 aliphatic carbocycles. The van der Waals surface area contributed by atoms with E-state index in [2.05, 4.69) is 10.3 Å². The summed E-state index contributed by atoms with van der Waals surface area (Å²) in [6, 6.07) is 15.2. The van der Waals surface area contributed by atoms with Gasteiger partial charge in [0.1, 0.15) is 23.3 Å². The third-order valence-corrected chi connectivity index (χ3v) is 3.17. The Labute approximate surface area is 126 Å². The highest BCUT2D eigenvalue weighted by molar-refractivity contribution is 5.68. The second kappa shape index (κ2) is 5.66. The number of ether oxygens (including phenoxy) is 1. The lowest BCUT2D eigenvalue weighted by molar-refractivity contribution is 0.415. The molecule has 0 unspecified atom stereocenters. The molecule has 0 saturated heterocycles. The van der Waals surface area contributed by atoms with Gasteiger partial charge in [0.05, 0.1) is 12.8 Å². The molecule has 108 valence electrons. The third kappa shape index (κ3) is 2.40. The Kier molecular flexibility index (Phi) is 3.54. The van der Waals surface area contributed by atoms with Gasteiger partial charge in [-0.25, -0.2) is 9.07 Å². The van der Waals surface area contributed by atoms with Gasteiger partial charge in [-0.3, -0.25) is 0 Å². The zero-order valence-electron chi connectivity index (χ0n) is 11.7. The van der Waals surface area contributed by atoms with Crippen LogP contribution >= 0.6 is 0 Å². The first-order valence-electron chi connectivity index (χ1n) is 6.49. The highest BCUT2D eigenvalue weighted by Crippen LogP contribution is 2.27. The molecule has 1 heterocycles. The molecular formula is C16H11FN4O. The Balaban J connectivity index is 2.22. The average Bonchev–Trinajstić information content (AvgIpc) is 2.99. The number of benzene rings is 2. The minimum Gasteiger partial charge on any atom is -0.497 e. The predicted molar refractivity (Wildman–Crippen MR) is 78.0 cm³/mol. The topological polar surface area (TPSA) is 63.7 Å². The van der Waals surface area contributed by atoms with Gasteiger partial charge in [0.2, 0.25) is 0 Å². The Hall–Kier alpha value is -3.20. The van der Waals surface area contributed by atoms with Crippen LogP contribution in [0.5, 0.6) is 5.75 Å². The molecular weight excluding hydrogens is 283 g/mol. The van der Waals surface area contributed by atoms with Gasteiger partial charge in [-0.05, 0) is 30.3 Å². The smallest absolute Gasteiger partial charge is 0.191 e. The Morgan fingerprint density at radius 1 is 1.18 bits per heavy atom. The number of nitrogens with zero attached hydrogens (tertiary/aromatic N) is 4. The monoisotopic (exact) mass is 294 g/mol. The van der Waals surface area contributed by atoms with Gasteiger partial charge in [-0.2, -0.15) is 5.26 Å². The molecule has 0 saturated carbocycles. The van der Waals surface area contributed by atoms with Crippen LogP contribution < -0.4 is 4.74 Å². The molecule has 0 N–H and O–H groups in total. The number of halogens is 1. The van der Waals surface area contributed by atoms with E-state index in [1.807, 2.05) is 12.1 Å². The zero-order valence-corrected chi connectivity index (χ0v) is 11.7. The van der Waals surface area contributed by atoms with Crippen molar-refractivity contribution in [3.63, 3.8) is 0 Å². The van der Waals surface area contributed by atoms with E-state index in [1.165, 1.54) is 16.8 Å². The molecule has 22 heavy (non-hydrogen) atoms. The van der Waals surface area contributed by atoms with E-state index in [-0.39, 0.29) is 11.5 Å². The maximum absolute atomic E-state index is 13.4. The lowest BCUT2D eigenvalue weighted by Crippen LogP contribution is -2.00. The summed E-state index contributed by atoms with van der Waals surface area (Å²) in [5, 5.41) is 17.1. The van der Waals surface area contributed by atoms with Crippen molar-refractivity contribution in [3.05, 3.63) is 60.0 Å². The van der Waals surface area contributed by atoms with E-state index >= 15 is 0 Å². The number of aromatic nitrogens is 3. The molecule has 0 amide bonds. The summed E-state index contributed by atoms with van der Waals surface area (Å²) >= 11 is 0. The van der Waals surface area contributed by atoms with Crippen LogP contribution in [-0.4, -0.2) is 22.1 Å². The fraction of sp³-hybridized carbons (Fsp3) is 0.0625. The molecule has 5 nitrogen and oxygen atoms in total. The molecule has 6 heteroatoms. The van der Waals surface area contributed by atoms with Crippen LogP contribution in [-0.2, 0) is 0 Å². The summed E-state index contributed by atoms with van der Waals surface area (Å²) in [4.78, 5) is 0. The minimum absolute atomic E-state index is 0.164. The van der Waals surface area contributed by atoms with Crippen LogP contribution in [0.15, 0.2) is 48.5 Å². The summed E-state index contributed by atoms with van der Waals surface area (Å²) in [6.45, 7) is 0. The number of nitriles is 1. The average molecular weight is 294 g/mol. The summed E-state index contributed by atoms with van der Waals surface area (Å²) in [6.07, 6.45) is 0. The highest BCUT2D eigenvalue weighted by atomic mass is 19.1. The van der Waals surface area contributed by atoms with Crippen molar-refractivity contribution in [1.29, 1.82) is 5.26 Å². The number of hydrogen-bond acceptors (Lipinski definition) is 4. The van der Waals surface area contributed by atoms with Crippen LogP contribution in [0, 0.1) is 17.1 Å². The molecule has 0 spiro atoms. The highest BCUT2D eigenvalue weighted by Gasteiger charge is 2.17. The second-order valence-electron chi connectivity index (χ2n) is 4.52. The maximum Gasteiger partial charge on any atom is 0.191 e. The van der Waals surface area contributed by atoms with Crippen LogP contribution in [0.25, 0.3) is 16.9 Å². The number of methoxy groups -OCH3 is 1. The first kappa shape index (κ1) is 13.8. The van der Waals surface area contributed by atoms with Crippen molar-refractivity contribution in [2.45, 2.75) is 0 Å². The minimum atomic E-state index is -0.386. The van der Waals surface area contributed by atoms with Gasteiger partial charge < -0.3 is 4.74 Å². The Morgan fingerprint density at radius 3 is 2.73 bits per heavy atom. The maximum atomic E-state index is 13.4. The van der Waals surface area contributed by atoms with Gasteiger partial charge in [0.25, 0.3) is 0 Å². The molecule has 3 aromatic rings. The quantitative estimate of drug-likeness (QED) is 0.745. The second-order valence-corrected chi connectivity index (χ2v) is 4.52. The van der Waals surface area contributed by atoms with Crippen LogP contribution in [0.3, 0.4) is 0 Å². The Bertz CT molecular complexity index is 867. The van der Waals surface area contributed by atoms with Gasteiger partial charge >= 0.3 is 0 Å². The van der Waals surface area contributed by atoms with Gasteiger partial charge in [-0.15, -0.1) is 5.10 Å². The summed E-state index contributed by atoms with van der Waals surface area (Å²) in [7, 11) is 1.56. The molecule has 0 fully saturated rings. The van der Waals surface area contributed by atoms with Crippen molar-refractivity contribution in [1.82, 2.24) is 15.0 Å². The molecule has 0 atom stereocenters. The van der Waals surface area contributed by atoms with Gasteiger partial charge in [-0.1, -0.05) is 23.4 Å². The van der Waals surface area contributed by atoms with Crippen LogP contribution in [0.2, 0.25) is 0 Å². The van der Waals surface area contributed by atoms with Crippen molar-refractivity contribution >= 4 is 0 Å². The van der Waals surface area contributed by atoms with Crippen LogP contribution in [0.1, 0.15) is 5.69 Å². The molecule has 0 radical (unpaired) electrons. The lowest BCUT2D eigenvalue weighted by Gasteiger charge is -2.08. The van der Waals surface area contributed by atoms with Gasteiger partial charge in [0.15, 0.2) is 5.69 Å². The van der Waals surface area contributed by atoms with Crippen LogP contribution in [0.4, 0.5) is 4.39 Å². The van der Waals surface area contributed by atoms with Crippen molar-refractivity contribution < 1.29 is 9.13 Å². The summed E-state index contributed by atoms with van der Waals surface area (Å²) < 4.78 is 20.1. The molecule has 0 bridgehead atoms. The van der Waals surface area contributed by atoms with E-state index in [9.17, 15) is 9.65 Å². The zero-order chi connectivity index (χ0) is 15.5. The van der Waals surface area contributed by atoms with Crippen molar-refractivity contribution in [3.8, 4) is 28.8 Å². The van der Waals surface area contributed by atoms with Crippen molar-refractivity contribution in [2.75, 3.05) is 7.11 Å². The number of hydrogen-bond donors (Lipinski definition) is 0. The lowest BCUT2D eigenvalue weighted by atomic mass is 10.1. The molecule has 3 rings (SSSR count). The fourth-order valence-electron chi connectivity index (χ4n) is 2.18. The molecule has 2 aromatic carbocycles. The van der Waals surface area contributed by atoms with E-state index in [0.717, 1.165) is 0 Å². The molecule has 0 aliphatic heterocycles. The first-order valence-corrected chi connectivity index (χ1v) is 6.49. The SMILES string of the molecule is COc1cccc(-c2c(C#N)nnn2-c2cccc(F)c2)c1. The molecule has 1 aromatic heterocycles.